The Hall–Kier alpha value is -4.04. The Balaban J connectivity index is 1.48. The van der Waals surface area contributed by atoms with Gasteiger partial charge >= 0.3 is 0 Å². The number of nitrogens with one attached hydrogen (secondary N) is 2. The van der Waals surface area contributed by atoms with Gasteiger partial charge in [0, 0.05) is 29.1 Å². The van der Waals surface area contributed by atoms with Gasteiger partial charge in [-0.05, 0) is 61.0 Å². The van der Waals surface area contributed by atoms with Gasteiger partial charge < -0.3 is 19.5 Å². The zero-order valence-electron chi connectivity index (χ0n) is 20.1. The van der Waals surface area contributed by atoms with Crippen molar-refractivity contribution in [2.75, 3.05) is 19.0 Å². The summed E-state index contributed by atoms with van der Waals surface area (Å²) >= 11 is 6.20. The molecule has 3 aromatic carbocycles. The third-order valence-corrected chi connectivity index (χ3v) is 5.33. The molecule has 0 aliphatic carbocycles. The Morgan fingerprint density at radius 2 is 1.69 bits per heavy atom. The first-order valence-electron chi connectivity index (χ1n) is 11.4. The molecule has 0 heterocycles. The minimum atomic E-state index is -0.374. The molecule has 3 aromatic rings. The molecule has 0 unspecified atom stereocenters. The van der Waals surface area contributed by atoms with Gasteiger partial charge in [0.15, 0.2) is 11.5 Å². The van der Waals surface area contributed by atoms with Crippen LogP contribution < -0.4 is 25.0 Å². The van der Waals surface area contributed by atoms with Gasteiger partial charge in [-0.2, -0.15) is 5.10 Å². The van der Waals surface area contributed by atoms with Gasteiger partial charge in [0.1, 0.15) is 12.4 Å². The Morgan fingerprint density at radius 1 is 0.944 bits per heavy atom. The number of anilines is 1. The lowest BCUT2D eigenvalue weighted by atomic mass is 10.2. The van der Waals surface area contributed by atoms with Crippen molar-refractivity contribution >= 4 is 35.3 Å². The van der Waals surface area contributed by atoms with Crippen molar-refractivity contribution in [3.05, 3.63) is 82.9 Å². The summed E-state index contributed by atoms with van der Waals surface area (Å²) in [6.07, 6.45) is 1.52. The quantitative estimate of drug-likeness (QED) is 0.258. The number of hydrogen-bond donors (Lipinski definition) is 2. The molecular weight excluding hydrogens is 482 g/mol. The molecule has 0 fully saturated rings. The molecule has 0 spiro atoms. The van der Waals surface area contributed by atoms with E-state index in [1.807, 2.05) is 31.2 Å². The molecule has 3 rings (SSSR count). The highest BCUT2D eigenvalue weighted by atomic mass is 35.5. The zero-order chi connectivity index (χ0) is 25.8. The molecule has 0 aromatic heterocycles. The van der Waals surface area contributed by atoms with E-state index in [2.05, 4.69) is 15.8 Å². The molecule has 8 nitrogen and oxygen atoms in total. The number of methoxy groups -OCH3 is 1. The Morgan fingerprint density at radius 3 is 2.42 bits per heavy atom. The number of nitrogens with zero attached hydrogens (tertiary/aromatic N) is 1. The predicted octanol–water partition coefficient (Wildman–Crippen LogP) is 5.20. The van der Waals surface area contributed by atoms with Gasteiger partial charge in [-0.3, -0.25) is 9.59 Å². The summed E-state index contributed by atoms with van der Waals surface area (Å²) in [5.74, 6) is 1.17. The molecule has 9 heteroatoms. The van der Waals surface area contributed by atoms with E-state index in [1.54, 1.807) is 49.6 Å². The third-order valence-electron chi connectivity index (χ3n) is 4.96. The number of carbonyl (C=O) groups is 2. The fraction of sp³-hybridized carbons (Fsp3) is 0.222. The fourth-order valence-electron chi connectivity index (χ4n) is 3.12. The fourth-order valence-corrected chi connectivity index (χ4v) is 3.31. The van der Waals surface area contributed by atoms with Crippen LogP contribution in [-0.2, 0) is 16.2 Å². The molecule has 188 valence electrons. The summed E-state index contributed by atoms with van der Waals surface area (Å²) in [4.78, 5) is 24.1. The first-order chi connectivity index (χ1) is 17.5. The van der Waals surface area contributed by atoms with Crippen molar-refractivity contribution < 1.29 is 23.8 Å². The third kappa shape index (κ3) is 8.32. The minimum absolute atomic E-state index is 0.00164. The lowest BCUT2D eigenvalue weighted by Gasteiger charge is -2.13. The molecule has 0 radical (unpaired) electrons. The summed E-state index contributed by atoms with van der Waals surface area (Å²) in [6.45, 7) is 2.64. The van der Waals surface area contributed by atoms with Crippen LogP contribution in [0.25, 0.3) is 0 Å². The van der Waals surface area contributed by atoms with E-state index in [-0.39, 0.29) is 24.7 Å². The van der Waals surface area contributed by atoms with Crippen LogP contribution >= 0.6 is 11.6 Å². The van der Waals surface area contributed by atoms with Crippen LogP contribution in [0.3, 0.4) is 0 Å². The second-order valence-corrected chi connectivity index (χ2v) is 8.00. The number of halogens is 1. The molecule has 36 heavy (non-hydrogen) atoms. The molecule has 2 amide bonds. The Kier molecular flexibility index (Phi) is 10.1. The van der Waals surface area contributed by atoms with Crippen LogP contribution in [0.15, 0.2) is 71.8 Å². The largest absolute Gasteiger partial charge is 0.497 e. The summed E-state index contributed by atoms with van der Waals surface area (Å²) < 4.78 is 16.7. The lowest BCUT2D eigenvalue weighted by Crippen LogP contribution is -2.20. The average Bonchev–Trinajstić information content (AvgIpc) is 2.88. The smallest absolute Gasteiger partial charge is 0.240 e. The van der Waals surface area contributed by atoms with E-state index < -0.39 is 0 Å². The molecule has 0 saturated heterocycles. The van der Waals surface area contributed by atoms with E-state index in [9.17, 15) is 9.59 Å². The maximum atomic E-state index is 12.1. The standard InChI is InChI=1S/C27H28ClN3O5/c1-3-35-25-16-19(8-13-24(25)36-18-20-6-4-5-7-23(20)28)17-29-31-27(33)15-14-26(32)30-21-9-11-22(34-2)12-10-21/h4-13,16-17H,3,14-15,18H2,1-2H3,(H,30,32)(H,31,33). The number of rotatable bonds is 12. The number of hydrogen-bond acceptors (Lipinski definition) is 6. The Labute approximate surface area is 215 Å². The molecule has 0 aliphatic rings. The summed E-state index contributed by atoms with van der Waals surface area (Å²) in [5.41, 5.74) is 4.64. The number of ether oxygens (including phenoxy) is 3. The maximum absolute atomic E-state index is 12.1. The van der Waals surface area contributed by atoms with Crippen molar-refractivity contribution in [1.82, 2.24) is 5.43 Å². The molecular formula is C27H28ClN3O5. The maximum Gasteiger partial charge on any atom is 0.240 e. The minimum Gasteiger partial charge on any atom is -0.497 e. The van der Waals surface area contributed by atoms with Crippen LogP contribution in [0.5, 0.6) is 17.2 Å². The SMILES string of the molecule is CCOc1cc(C=NNC(=O)CCC(=O)Nc2ccc(OC)cc2)ccc1OCc1ccccc1Cl. The van der Waals surface area contributed by atoms with Crippen LogP contribution in [-0.4, -0.2) is 31.7 Å². The van der Waals surface area contributed by atoms with Crippen molar-refractivity contribution in [2.45, 2.75) is 26.4 Å². The molecule has 0 aliphatic heterocycles. The van der Waals surface area contributed by atoms with Gasteiger partial charge in [-0.1, -0.05) is 29.8 Å². The zero-order valence-corrected chi connectivity index (χ0v) is 20.9. The van der Waals surface area contributed by atoms with Gasteiger partial charge in [0.25, 0.3) is 0 Å². The lowest BCUT2D eigenvalue weighted by molar-refractivity contribution is -0.124. The number of hydrazone groups is 1. The van der Waals surface area contributed by atoms with Crippen molar-refractivity contribution in [3.8, 4) is 17.2 Å². The van der Waals surface area contributed by atoms with Crippen LogP contribution in [0.4, 0.5) is 5.69 Å². The van der Waals surface area contributed by atoms with Crippen LogP contribution in [0.1, 0.15) is 30.9 Å². The highest BCUT2D eigenvalue weighted by molar-refractivity contribution is 6.31. The van der Waals surface area contributed by atoms with Crippen LogP contribution in [0.2, 0.25) is 5.02 Å². The second-order valence-electron chi connectivity index (χ2n) is 7.59. The predicted molar refractivity (Wildman–Crippen MR) is 140 cm³/mol. The van der Waals surface area contributed by atoms with E-state index in [0.717, 1.165) is 5.56 Å². The van der Waals surface area contributed by atoms with Crippen molar-refractivity contribution in [2.24, 2.45) is 5.10 Å². The first kappa shape index (κ1) is 26.6. The van der Waals surface area contributed by atoms with E-state index in [4.69, 9.17) is 25.8 Å². The Bertz CT molecular complexity index is 1200. The van der Waals surface area contributed by atoms with E-state index in [0.29, 0.717) is 46.7 Å². The molecule has 2 N–H and O–H groups in total. The number of amides is 2. The normalized spacial score (nSPS) is 10.6. The van der Waals surface area contributed by atoms with Crippen molar-refractivity contribution in [1.29, 1.82) is 0 Å². The highest BCUT2D eigenvalue weighted by Crippen LogP contribution is 2.29. The van der Waals surface area contributed by atoms with Gasteiger partial charge in [0.2, 0.25) is 11.8 Å². The highest BCUT2D eigenvalue weighted by Gasteiger charge is 2.09. The second kappa shape index (κ2) is 13.7. The van der Waals surface area contributed by atoms with Crippen LogP contribution in [0, 0.1) is 0 Å². The summed E-state index contributed by atoms with van der Waals surface area (Å²) in [6, 6.07) is 19.7. The number of benzene rings is 3. The van der Waals surface area contributed by atoms with Crippen molar-refractivity contribution in [3.63, 3.8) is 0 Å². The molecule has 0 saturated carbocycles. The first-order valence-corrected chi connectivity index (χ1v) is 11.7. The van der Waals surface area contributed by atoms with E-state index >= 15 is 0 Å². The molecule has 0 bridgehead atoms. The van der Waals surface area contributed by atoms with E-state index in [1.165, 1.54) is 6.21 Å². The molecule has 0 atom stereocenters. The summed E-state index contributed by atoms with van der Waals surface area (Å²) in [7, 11) is 1.57. The van der Waals surface area contributed by atoms with Gasteiger partial charge in [0.05, 0.1) is 19.9 Å². The average molecular weight is 510 g/mol. The van der Waals surface area contributed by atoms with Gasteiger partial charge in [-0.15, -0.1) is 0 Å². The monoisotopic (exact) mass is 509 g/mol. The number of carbonyl (C=O) groups excluding carboxylic acids is 2. The van der Waals surface area contributed by atoms with Gasteiger partial charge in [-0.25, -0.2) is 5.43 Å². The summed E-state index contributed by atoms with van der Waals surface area (Å²) in [5, 5.41) is 7.34. The topological polar surface area (TPSA) is 98.2 Å².